The summed E-state index contributed by atoms with van der Waals surface area (Å²) in [6.07, 6.45) is 0. The second-order valence-corrected chi connectivity index (χ2v) is 4.96. The molecule has 19 heavy (non-hydrogen) atoms. The minimum atomic E-state index is 0.127. The van der Waals surface area contributed by atoms with Crippen LogP contribution in [0, 0.1) is 0 Å². The molecule has 2 N–H and O–H groups in total. The van der Waals surface area contributed by atoms with Crippen LogP contribution < -0.4 is 10.6 Å². The highest BCUT2D eigenvalue weighted by atomic mass is 35.5. The average Bonchev–Trinajstić information content (AvgIpc) is 2.26. The molecule has 2 aromatic rings. The van der Waals surface area contributed by atoms with Crippen molar-refractivity contribution in [2.75, 3.05) is 10.6 Å². The molecule has 1 aromatic heterocycles. The summed E-state index contributed by atoms with van der Waals surface area (Å²) < 4.78 is 0. The van der Waals surface area contributed by atoms with Gasteiger partial charge in [-0.2, -0.15) is 15.0 Å². The summed E-state index contributed by atoms with van der Waals surface area (Å²) in [5.74, 6) is 0.796. The fourth-order valence-electron chi connectivity index (χ4n) is 1.42. The zero-order valence-corrected chi connectivity index (χ0v) is 12.0. The molecule has 0 saturated carbocycles. The molecular weight excluding hydrogens is 285 g/mol. The maximum Gasteiger partial charge on any atom is 0.233 e. The van der Waals surface area contributed by atoms with Crippen LogP contribution in [-0.4, -0.2) is 21.0 Å². The number of halogens is 2. The Morgan fingerprint density at radius 1 is 1.05 bits per heavy atom. The van der Waals surface area contributed by atoms with Crippen molar-refractivity contribution in [3.8, 4) is 0 Å². The zero-order valence-electron chi connectivity index (χ0n) is 10.5. The van der Waals surface area contributed by atoms with Crippen LogP contribution in [0.3, 0.4) is 0 Å². The predicted octanol–water partition coefficient (Wildman–Crippen LogP) is 3.74. The lowest BCUT2D eigenvalue weighted by molar-refractivity contribution is 0.868. The fourth-order valence-corrected chi connectivity index (χ4v) is 1.77. The van der Waals surface area contributed by atoms with Gasteiger partial charge in [0.25, 0.3) is 0 Å². The number of rotatable bonds is 4. The Morgan fingerprint density at radius 3 is 2.47 bits per heavy atom. The molecule has 0 bridgehead atoms. The van der Waals surface area contributed by atoms with Gasteiger partial charge in [0.2, 0.25) is 17.2 Å². The van der Waals surface area contributed by atoms with Crippen molar-refractivity contribution in [3.05, 3.63) is 34.6 Å². The van der Waals surface area contributed by atoms with E-state index in [0.29, 0.717) is 16.9 Å². The van der Waals surface area contributed by atoms with E-state index in [1.807, 2.05) is 26.0 Å². The van der Waals surface area contributed by atoms with Gasteiger partial charge in [-0.05, 0) is 43.6 Å². The molecule has 0 saturated heterocycles. The highest BCUT2D eigenvalue weighted by Crippen LogP contribution is 2.19. The lowest BCUT2D eigenvalue weighted by Gasteiger charge is -2.10. The Hall–Kier alpha value is -1.59. The van der Waals surface area contributed by atoms with Crippen molar-refractivity contribution in [2.24, 2.45) is 0 Å². The van der Waals surface area contributed by atoms with Gasteiger partial charge in [-0.3, -0.25) is 0 Å². The molecule has 1 aromatic carbocycles. The van der Waals surface area contributed by atoms with Crippen LogP contribution in [0.4, 0.5) is 17.6 Å². The van der Waals surface area contributed by atoms with Crippen LogP contribution >= 0.6 is 23.2 Å². The average molecular weight is 298 g/mol. The third-order valence-electron chi connectivity index (χ3n) is 2.11. The van der Waals surface area contributed by atoms with Gasteiger partial charge in [0.1, 0.15) is 0 Å². The van der Waals surface area contributed by atoms with Gasteiger partial charge >= 0.3 is 0 Å². The van der Waals surface area contributed by atoms with Crippen molar-refractivity contribution < 1.29 is 0 Å². The molecule has 0 unspecified atom stereocenters. The van der Waals surface area contributed by atoms with Crippen molar-refractivity contribution in [1.29, 1.82) is 0 Å². The quantitative estimate of drug-likeness (QED) is 0.900. The lowest BCUT2D eigenvalue weighted by Crippen LogP contribution is -2.14. The Kier molecular flexibility index (Phi) is 4.39. The van der Waals surface area contributed by atoms with E-state index in [-0.39, 0.29) is 11.3 Å². The lowest BCUT2D eigenvalue weighted by atomic mass is 10.3. The second kappa shape index (κ2) is 6.04. The van der Waals surface area contributed by atoms with Gasteiger partial charge in [0.15, 0.2) is 0 Å². The normalized spacial score (nSPS) is 10.6. The monoisotopic (exact) mass is 297 g/mol. The zero-order chi connectivity index (χ0) is 13.8. The smallest absolute Gasteiger partial charge is 0.233 e. The van der Waals surface area contributed by atoms with E-state index in [1.165, 1.54) is 0 Å². The van der Waals surface area contributed by atoms with Gasteiger partial charge in [0.05, 0.1) is 0 Å². The molecule has 0 aliphatic rings. The third kappa shape index (κ3) is 4.22. The Labute approximate surface area is 121 Å². The Balaban J connectivity index is 2.22. The maximum atomic E-state index is 5.91. The number of aromatic nitrogens is 3. The first-order chi connectivity index (χ1) is 9.02. The number of nitrogens with zero attached hydrogens (tertiary/aromatic N) is 3. The van der Waals surface area contributed by atoms with E-state index in [1.54, 1.807) is 12.1 Å². The summed E-state index contributed by atoms with van der Waals surface area (Å²) >= 11 is 11.8. The minimum Gasteiger partial charge on any atom is -0.352 e. The fraction of sp³-hybridized carbons (Fsp3) is 0.250. The largest absolute Gasteiger partial charge is 0.352 e. The summed E-state index contributed by atoms with van der Waals surface area (Å²) in [5.41, 5.74) is 0.783. The number of hydrogen-bond acceptors (Lipinski definition) is 5. The van der Waals surface area contributed by atoms with Crippen LogP contribution in [0.15, 0.2) is 24.3 Å². The highest BCUT2D eigenvalue weighted by Gasteiger charge is 2.06. The molecule has 0 fully saturated rings. The van der Waals surface area contributed by atoms with Crippen LogP contribution in [0.5, 0.6) is 0 Å². The third-order valence-corrected chi connectivity index (χ3v) is 2.51. The molecule has 0 amide bonds. The highest BCUT2D eigenvalue weighted by molar-refractivity contribution is 6.30. The van der Waals surface area contributed by atoms with E-state index in [4.69, 9.17) is 23.2 Å². The van der Waals surface area contributed by atoms with Crippen LogP contribution in [0.2, 0.25) is 10.3 Å². The summed E-state index contributed by atoms with van der Waals surface area (Å²) in [6, 6.07) is 7.46. The minimum absolute atomic E-state index is 0.127. The van der Waals surface area contributed by atoms with Gasteiger partial charge in [-0.15, -0.1) is 0 Å². The van der Waals surface area contributed by atoms with Gasteiger partial charge in [-0.1, -0.05) is 17.7 Å². The second-order valence-electron chi connectivity index (χ2n) is 4.19. The predicted molar refractivity (Wildman–Crippen MR) is 78.3 cm³/mol. The first-order valence-corrected chi connectivity index (χ1v) is 6.49. The van der Waals surface area contributed by atoms with Crippen LogP contribution in [0.25, 0.3) is 0 Å². The molecule has 7 heteroatoms. The molecule has 100 valence electrons. The van der Waals surface area contributed by atoms with Crippen molar-refractivity contribution >= 4 is 40.8 Å². The van der Waals surface area contributed by atoms with Crippen LogP contribution in [-0.2, 0) is 0 Å². The van der Waals surface area contributed by atoms with E-state index < -0.39 is 0 Å². The standard InChI is InChI=1S/C12H13Cl2N5/c1-7(2)15-11-17-10(14)18-12(19-11)16-9-5-3-4-8(13)6-9/h3-7H,1-2H3,(H2,15,16,17,18,19). The van der Waals surface area contributed by atoms with Crippen LogP contribution in [0.1, 0.15) is 13.8 Å². The number of hydrogen-bond donors (Lipinski definition) is 2. The summed E-state index contributed by atoms with van der Waals surface area (Å²) in [5, 5.41) is 6.86. The Bertz CT molecular complexity index is 574. The molecule has 0 radical (unpaired) electrons. The van der Waals surface area contributed by atoms with E-state index in [2.05, 4.69) is 25.6 Å². The molecular formula is C12H13Cl2N5. The van der Waals surface area contributed by atoms with E-state index in [9.17, 15) is 0 Å². The summed E-state index contributed by atoms with van der Waals surface area (Å²) in [7, 11) is 0. The number of anilines is 3. The maximum absolute atomic E-state index is 5.91. The van der Waals surface area contributed by atoms with Gasteiger partial charge in [0, 0.05) is 16.8 Å². The first kappa shape index (κ1) is 13.8. The molecule has 0 atom stereocenters. The molecule has 0 spiro atoms. The molecule has 0 aliphatic heterocycles. The summed E-state index contributed by atoms with van der Waals surface area (Å²) in [4.78, 5) is 12.2. The summed E-state index contributed by atoms with van der Waals surface area (Å²) in [6.45, 7) is 3.98. The molecule has 0 aliphatic carbocycles. The first-order valence-electron chi connectivity index (χ1n) is 5.73. The molecule has 2 rings (SSSR count). The van der Waals surface area contributed by atoms with Gasteiger partial charge in [-0.25, -0.2) is 0 Å². The van der Waals surface area contributed by atoms with Crippen molar-refractivity contribution in [2.45, 2.75) is 19.9 Å². The van der Waals surface area contributed by atoms with Crippen molar-refractivity contribution in [3.63, 3.8) is 0 Å². The van der Waals surface area contributed by atoms with E-state index >= 15 is 0 Å². The van der Waals surface area contributed by atoms with Crippen molar-refractivity contribution in [1.82, 2.24) is 15.0 Å². The number of benzene rings is 1. The Morgan fingerprint density at radius 2 is 1.79 bits per heavy atom. The number of nitrogens with one attached hydrogen (secondary N) is 2. The molecule has 5 nitrogen and oxygen atoms in total. The van der Waals surface area contributed by atoms with E-state index in [0.717, 1.165) is 5.69 Å². The van der Waals surface area contributed by atoms with Gasteiger partial charge < -0.3 is 10.6 Å². The molecule has 1 heterocycles. The topological polar surface area (TPSA) is 62.7 Å². The SMILES string of the molecule is CC(C)Nc1nc(Cl)nc(Nc2cccc(Cl)c2)n1.